The molecular formula is C18H34O3. The van der Waals surface area contributed by atoms with Crippen LogP contribution in [0.4, 0.5) is 0 Å². The fraction of sp³-hybridized carbons (Fsp3) is 0.889. The number of rotatable bonds is 13. The Labute approximate surface area is 130 Å². The highest BCUT2D eigenvalue weighted by Gasteiger charge is 2.12. The minimum atomic E-state index is -0.352. The first kappa shape index (κ1) is 20.1. The number of unbranched alkanes of at least 4 members (excludes halogenated alkanes) is 6. The third-order valence-electron chi connectivity index (χ3n) is 3.85. The number of hydrogen-bond acceptors (Lipinski definition) is 3. The van der Waals surface area contributed by atoms with Crippen LogP contribution in [0.1, 0.15) is 97.8 Å². The maximum Gasteiger partial charge on any atom is 0.313 e. The van der Waals surface area contributed by atoms with E-state index in [1.165, 1.54) is 38.5 Å². The average molecular weight is 298 g/mol. The van der Waals surface area contributed by atoms with Gasteiger partial charge in [-0.15, -0.1) is 0 Å². The molecule has 0 saturated heterocycles. The Morgan fingerprint density at radius 3 is 2.00 bits per heavy atom. The molecule has 0 aliphatic carbocycles. The van der Waals surface area contributed by atoms with E-state index in [0.29, 0.717) is 18.8 Å². The Morgan fingerprint density at radius 2 is 1.33 bits per heavy atom. The smallest absolute Gasteiger partial charge is 0.313 e. The summed E-state index contributed by atoms with van der Waals surface area (Å²) >= 11 is 0. The highest BCUT2D eigenvalue weighted by atomic mass is 16.6. The molecule has 0 aromatic heterocycles. The molecule has 1 atom stereocenters. The fourth-order valence-corrected chi connectivity index (χ4v) is 2.34. The van der Waals surface area contributed by atoms with Crippen molar-refractivity contribution in [3.8, 4) is 0 Å². The monoisotopic (exact) mass is 298 g/mol. The third-order valence-corrected chi connectivity index (χ3v) is 3.85. The molecule has 0 N–H and O–H groups in total. The van der Waals surface area contributed by atoms with Crippen LogP contribution in [-0.4, -0.2) is 11.9 Å². The summed E-state index contributed by atoms with van der Waals surface area (Å²) in [5.74, 6) is -0.169. The molecule has 0 aliphatic heterocycles. The Kier molecular flexibility index (Phi) is 13.5. The van der Waals surface area contributed by atoms with Crippen molar-refractivity contribution in [1.29, 1.82) is 0 Å². The van der Waals surface area contributed by atoms with Gasteiger partial charge < -0.3 is 4.74 Å². The van der Waals surface area contributed by atoms with Gasteiger partial charge in [0, 0.05) is 12.8 Å². The van der Waals surface area contributed by atoms with Gasteiger partial charge in [-0.3, -0.25) is 9.59 Å². The van der Waals surface area contributed by atoms with Crippen molar-refractivity contribution in [1.82, 2.24) is 0 Å². The van der Waals surface area contributed by atoms with Crippen LogP contribution in [0.25, 0.3) is 0 Å². The number of ether oxygens (including phenoxy) is 1. The van der Waals surface area contributed by atoms with Gasteiger partial charge in [0.05, 0.1) is 0 Å². The van der Waals surface area contributed by atoms with Gasteiger partial charge in [0.15, 0.2) is 0 Å². The Hall–Kier alpha value is -0.860. The summed E-state index contributed by atoms with van der Waals surface area (Å²) < 4.78 is 4.86. The first-order valence-electron chi connectivity index (χ1n) is 8.83. The molecule has 0 rings (SSSR count). The van der Waals surface area contributed by atoms with E-state index in [-0.39, 0.29) is 11.9 Å². The number of esters is 2. The number of carbonyl (C=O) groups is 2. The lowest BCUT2D eigenvalue weighted by atomic mass is 9.99. The largest absolute Gasteiger partial charge is 0.393 e. The second kappa shape index (κ2) is 14.1. The molecule has 21 heavy (non-hydrogen) atoms. The first-order valence-corrected chi connectivity index (χ1v) is 8.83. The normalized spacial score (nSPS) is 12.1. The first-order chi connectivity index (χ1) is 10.1. The molecule has 3 nitrogen and oxygen atoms in total. The van der Waals surface area contributed by atoms with Crippen molar-refractivity contribution in [2.24, 2.45) is 5.92 Å². The van der Waals surface area contributed by atoms with Gasteiger partial charge in [-0.05, 0) is 18.8 Å². The lowest BCUT2D eigenvalue weighted by Crippen LogP contribution is -2.13. The summed E-state index contributed by atoms with van der Waals surface area (Å²) in [6.07, 6.45) is 11.9. The summed E-state index contributed by atoms with van der Waals surface area (Å²) in [5.41, 5.74) is 0. The Bertz CT molecular complexity index is 274. The predicted octanol–water partition coefficient (Wildman–Crippen LogP) is 5.41. The molecule has 0 fully saturated rings. The summed E-state index contributed by atoms with van der Waals surface area (Å²) in [6, 6.07) is 0. The molecule has 0 aromatic carbocycles. The lowest BCUT2D eigenvalue weighted by Gasteiger charge is -2.09. The van der Waals surface area contributed by atoms with Crippen LogP contribution < -0.4 is 0 Å². The molecule has 0 bridgehead atoms. The zero-order valence-electron chi connectivity index (χ0n) is 14.3. The van der Waals surface area contributed by atoms with Crippen LogP contribution >= 0.6 is 0 Å². The molecule has 0 aromatic rings. The van der Waals surface area contributed by atoms with Crippen LogP contribution in [0.15, 0.2) is 0 Å². The topological polar surface area (TPSA) is 43.4 Å². The predicted molar refractivity (Wildman–Crippen MR) is 87.0 cm³/mol. The van der Waals surface area contributed by atoms with E-state index >= 15 is 0 Å². The third kappa shape index (κ3) is 13.9. The van der Waals surface area contributed by atoms with Gasteiger partial charge in [-0.2, -0.15) is 0 Å². The van der Waals surface area contributed by atoms with E-state index in [1.54, 1.807) is 0 Å². The van der Waals surface area contributed by atoms with Gasteiger partial charge in [0.1, 0.15) is 0 Å². The van der Waals surface area contributed by atoms with E-state index in [0.717, 1.165) is 25.7 Å². The SMILES string of the molecule is CCCCCCCCC(=O)OC(=O)CCC(C)CCCC. The fourth-order valence-electron chi connectivity index (χ4n) is 2.34. The minimum absolute atomic E-state index is 0.350. The highest BCUT2D eigenvalue weighted by Crippen LogP contribution is 2.14. The minimum Gasteiger partial charge on any atom is -0.393 e. The van der Waals surface area contributed by atoms with E-state index in [4.69, 9.17) is 4.74 Å². The lowest BCUT2D eigenvalue weighted by molar-refractivity contribution is -0.159. The zero-order valence-corrected chi connectivity index (χ0v) is 14.3. The van der Waals surface area contributed by atoms with E-state index in [9.17, 15) is 9.59 Å². The van der Waals surface area contributed by atoms with Gasteiger partial charge in [0.25, 0.3) is 0 Å². The van der Waals surface area contributed by atoms with E-state index < -0.39 is 0 Å². The Morgan fingerprint density at radius 1 is 0.762 bits per heavy atom. The van der Waals surface area contributed by atoms with Gasteiger partial charge in [0.2, 0.25) is 0 Å². The van der Waals surface area contributed by atoms with Gasteiger partial charge >= 0.3 is 11.9 Å². The molecule has 124 valence electrons. The molecular weight excluding hydrogens is 264 g/mol. The number of carbonyl (C=O) groups excluding carboxylic acids is 2. The molecule has 0 spiro atoms. The second-order valence-electron chi connectivity index (χ2n) is 6.15. The quantitative estimate of drug-likeness (QED) is 0.259. The summed E-state index contributed by atoms with van der Waals surface area (Å²) in [7, 11) is 0. The van der Waals surface area contributed by atoms with E-state index in [1.807, 2.05) is 0 Å². The van der Waals surface area contributed by atoms with Crippen LogP contribution in [0.2, 0.25) is 0 Å². The molecule has 0 saturated carbocycles. The van der Waals surface area contributed by atoms with Gasteiger partial charge in [-0.25, -0.2) is 0 Å². The highest BCUT2D eigenvalue weighted by molar-refractivity contribution is 5.85. The zero-order chi connectivity index (χ0) is 15.9. The summed E-state index contributed by atoms with van der Waals surface area (Å²) in [6.45, 7) is 6.51. The van der Waals surface area contributed by atoms with E-state index in [2.05, 4.69) is 20.8 Å². The molecule has 0 amide bonds. The Balaban J connectivity index is 3.54. The summed E-state index contributed by atoms with van der Waals surface area (Å²) in [4.78, 5) is 23.1. The van der Waals surface area contributed by atoms with Gasteiger partial charge in [-0.1, -0.05) is 72.1 Å². The van der Waals surface area contributed by atoms with Crippen molar-refractivity contribution < 1.29 is 14.3 Å². The molecule has 3 heteroatoms. The van der Waals surface area contributed by atoms with Crippen molar-refractivity contribution in [2.45, 2.75) is 97.8 Å². The van der Waals surface area contributed by atoms with Crippen molar-refractivity contribution in [3.63, 3.8) is 0 Å². The standard InChI is InChI=1S/C18H34O3/c1-4-6-8-9-10-11-13-17(19)21-18(20)15-14-16(3)12-7-5-2/h16H,4-15H2,1-3H3. The average Bonchev–Trinajstić information content (AvgIpc) is 2.46. The van der Waals surface area contributed by atoms with Crippen LogP contribution in [0.5, 0.6) is 0 Å². The molecule has 0 radical (unpaired) electrons. The number of hydrogen-bond donors (Lipinski definition) is 0. The van der Waals surface area contributed by atoms with Crippen molar-refractivity contribution in [2.75, 3.05) is 0 Å². The maximum atomic E-state index is 11.6. The molecule has 0 aliphatic rings. The maximum absolute atomic E-state index is 11.6. The second-order valence-corrected chi connectivity index (χ2v) is 6.15. The molecule has 0 heterocycles. The van der Waals surface area contributed by atoms with Crippen LogP contribution in [0, 0.1) is 5.92 Å². The van der Waals surface area contributed by atoms with Crippen molar-refractivity contribution in [3.05, 3.63) is 0 Å². The van der Waals surface area contributed by atoms with Crippen molar-refractivity contribution >= 4 is 11.9 Å². The van der Waals surface area contributed by atoms with Crippen LogP contribution in [0.3, 0.4) is 0 Å². The molecule has 1 unspecified atom stereocenters. The van der Waals surface area contributed by atoms with Crippen LogP contribution in [-0.2, 0) is 14.3 Å². The summed E-state index contributed by atoms with van der Waals surface area (Å²) in [5, 5.41) is 0.